The van der Waals surface area contributed by atoms with E-state index in [1.807, 2.05) is 38.1 Å². The summed E-state index contributed by atoms with van der Waals surface area (Å²) in [6.07, 6.45) is 2.49. The first-order chi connectivity index (χ1) is 13.8. The van der Waals surface area contributed by atoms with Gasteiger partial charge in [-0.3, -0.25) is 4.79 Å². The highest BCUT2D eigenvalue weighted by Crippen LogP contribution is 2.41. The first kappa shape index (κ1) is 21.0. The van der Waals surface area contributed by atoms with Crippen LogP contribution in [0.25, 0.3) is 11.1 Å². The second-order valence-corrected chi connectivity index (χ2v) is 8.63. The molecule has 1 heterocycles. The quantitative estimate of drug-likeness (QED) is 0.758. The molecule has 0 spiro atoms. The number of hydrogen-bond acceptors (Lipinski definition) is 6. The predicted molar refractivity (Wildman–Crippen MR) is 110 cm³/mol. The summed E-state index contributed by atoms with van der Waals surface area (Å²) in [6, 6.07) is 7.77. The minimum atomic E-state index is -1.19. The summed E-state index contributed by atoms with van der Waals surface area (Å²) in [6.45, 7) is 3.86. The first-order valence-electron chi connectivity index (χ1n) is 9.64. The normalized spacial score (nSPS) is 18.9. The predicted octanol–water partition coefficient (Wildman–Crippen LogP) is 3.31. The molecule has 6 nitrogen and oxygen atoms in total. The van der Waals surface area contributed by atoms with E-state index in [4.69, 9.17) is 4.74 Å². The van der Waals surface area contributed by atoms with Crippen molar-refractivity contribution in [2.24, 2.45) is 11.8 Å². The van der Waals surface area contributed by atoms with Gasteiger partial charge in [-0.2, -0.15) is 0 Å². The van der Waals surface area contributed by atoms with Crippen LogP contribution in [0, 0.1) is 25.7 Å². The zero-order chi connectivity index (χ0) is 21.1. The Labute approximate surface area is 173 Å². The van der Waals surface area contributed by atoms with Crippen molar-refractivity contribution < 1.29 is 24.2 Å². The molecule has 29 heavy (non-hydrogen) atoms. The average Bonchev–Trinajstić information content (AvgIpc) is 3.03. The maximum absolute atomic E-state index is 12.9. The van der Waals surface area contributed by atoms with E-state index in [-0.39, 0.29) is 5.91 Å². The molecule has 1 aliphatic carbocycles. The van der Waals surface area contributed by atoms with Gasteiger partial charge in [-0.25, -0.2) is 4.79 Å². The summed E-state index contributed by atoms with van der Waals surface area (Å²) in [5.41, 5.74) is 2.97. The number of amides is 1. The molecule has 1 amide bonds. The fourth-order valence-corrected chi connectivity index (χ4v) is 5.00. The van der Waals surface area contributed by atoms with Crippen LogP contribution in [-0.4, -0.2) is 25.0 Å². The fourth-order valence-electron chi connectivity index (χ4n) is 3.93. The van der Waals surface area contributed by atoms with Gasteiger partial charge in [-0.15, -0.1) is 11.3 Å². The largest absolute Gasteiger partial charge is 0.550 e. The Morgan fingerprint density at radius 2 is 1.69 bits per heavy atom. The molecule has 0 aliphatic heterocycles. The van der Waals surface area contributed by atoms with Crippen molar-refractivity contribution in [3.8, 4) is 11.1 Å². The van der Waals surface area contributed by atoms with Crippen molar-refractivity contribution in [3.63, 3.8) is 0 Å². The highest BCUT2D eigenvalue weighted by molar-refractivity contribution is 7.17. The molecule has 3 rings (SSSR count). The summed E-state index contributed by atoms with van der Waals surface area (Å²) in [5, 5.41) is 14.6. The van der Waals surface area contributed by atoms with E-state index in [0.29, 0.717) is 23.4 Å². The summed E-state index contributed by atoms with van der Waals surface area (Å²) >= 11 is 1.29. The Bertz CT molecular complexity index is 931. The number of thiophene rings is 1. The molecule has 1 saturated carbocycles. The molecule has 2 aromatic rings. The lowest BCUT2D eigenvalue weighted by Crippen LogP contribution is -2.42. The maximum atomic E-state index is 12.9. The number of ether oxygens (including phenoxy) is 1. The van der Waals surface area contributed by atoms with Crippen LogP contribution in [-0.2, 0) is 14.3 Å². The highest BCUT2D eigenvalue weighted by atomic mass is 32.1. The fraction of sp³-hybridized carbons (Fsp3) is 0.409. The Morgan fingerprint density at radius 3 is 2.28 bits per heavy atom. The molecule has 1 fully saturated rings. The van der Waals surface area contributed by atoms with Crippen molar-refractivity contribution >= 4 is 34.2 Å². The molecule has 1 aromatic carbocycles. The Balaban J connectivity index is 1.98. The van der Waals surface area contributed by atoms with Gasteiger partial charge in [0.15, 0.2) is 0 Å². The van der Waals surface area contributed by atoms with Gasteiger partial charge in [-0.1, -0.05) is 42.7 Å². The summed E-state index contributed by atoms with van der Waals surface area (Å²) in [4.78, 5) is 37.8. The van der Waals surface area contributed by atoms with E-state index in [1.165, 1.54) is 18.4 Å². The number of anilines is 1. The van der Waals surface area contributed by atoms with E-state index in [2.05, 4.69) is 5.32 Å². The lowest BCUT2D eigenvalue weighted by Gasteiger charge is -2.31. The zero-order valence-corrected chi connectivity index (χ0v) is 17.6. The molecule has 0 unspecified atom stereocenters. The number of benzene rings is 1. The smallest absolute Gasteiger partial charge is 0.341 e. The van der Waals surface area contributed by atoms with Gasteiger partial charge in [-0.05, 0) is 32.3 Å². The van der Waals surface area contributed by atoms with E-state index in [9.17, 15) is 19.5 Å². The monoisotopic (exact) mass is 414 g/mol. The number of carboxylic acid groups (broad SMARTS) is 1. The zero-order valence-electron chi connectivity index (χ0n) is 16.7. The van der Waals surface area contributed by atoms with E-state index < -0.39 is 23.8 Å². The third kappa shape index (κ3) is 4.34. The van der Waals surface area contributed by atoms with Crippen molar-refractivity contribution in [1.29, 1.82) is 0 Å². The molecule has 2 atom stereocenters. The Hall–Kier alpha value is -2.67. The van der Waals surface area contributed by atoms with Crippen LogP contribution in [0.3, 0.4) is 0 Å². The number of carbonyl (C=O) groups excluding carboxylic acids is 3. The molecule has 0 bridgehead atoms. The highest BCUT2D eigenvalue weighted by Gasteiger charge is 2.33. The molecule has 1 aliphatic rings. The van der Waals surface area contributed by atoms with E-state index in [0.717, 1.165) is 34.4 Å². The van der Waals surface area contributed by atoms with Crippen molar-refractivity contribution in [1.82, 2.24) is 0 Å². The topological polar surface area (TPSA) is 95.5 Å². The Morgan fingerprint density at radius 1 is 1.07 bits per heavy atom. The Kier molecular flexibility index (Phi) is 6.37. The van der Waals surface area contributed by atoms with Crippen LogP contribution in [0.1, 0.15) is 46.5 Å². The SMILES string of the molecule is COC(=O)c1c(NC(=O)[C@H]2CCCC[C@H]2C(=O)[O-])sc(C)c1-c1ccc(C)cc1. The second-order valence-electron chi connectivity index (χ2n) is 7.40. The molecular weight excluding hydrogens is 390 g/mol. The number of carbonyl (C=O) groups is 3. The molecule has 1 N–H and O–H groups in total. The number of hydrogen-bond donors (Lipinski definition) is 1. The van der Waals surface area contributed by atoms with Crippen LogP contribution in [0.5, 0.6) is 0 Å². The molecule has 7 heteroatoms. The van der Waals surface area contributed by atoms with Crippen molar-refractivity contribution in [2.45, 2.75) is 39.5 Å². The molecule has 0 radical (unpaired) electrons. The van der Waals surface area contributed by atoms with Crippen LogP contribution >= 0.6 is 11.3 Å². The third-order valence-corrected chi connectivity index (χ3v) is 6.48. The van der Waals surface area contributed by atoms with Crippen molar-refractivity contribution in [2.75, 3.05) is 12.4 Å². The second kappa shape index (κ2) is 8.78. The average molecular weight is 415 g/mol. The first-order valence-corrected chi connectivity index (χ1v) is 10.5. The van der Waals surface area contributed by atoms with Gasteiger partial charge in [0, 0.05) is 28.2 Å². The van der Waals surface area contributed by atoms with Gasteiger partial charge in [0.25, 0.3) is 0 Å². The minimum absolute atomic E-state index is 0.299. The van der Waals surface area contributed by atoms with Gasteiger partial charge in [0.1, 0.15) is 10.6 Å². The molecule has 1 aromatic heterocycles. The summed E-state index contributed by atoms with van der Waals surface area (Å²) < 4.78 is 4.97. The summed E-state index contributed by atoms with van der Waals surface area (Å²) in [5.74, 6) is -3.59. The standard InChI is InChI=1S/C22H25NO5S/c1-12-8-10-14(11-9-12)17-13(2)29-20(18(17)22(27)28-3)23-19(24)15-6-4-5-7-16(15)21(25)26/h8-11,15-16H,4-7H2,1-3H3,(H,23,24)(H,25,26)/p-1/t15-,16+/m0/s1. The number of rotatable bonds is 5. The number of methoxy groups -OCH3 is 1. The van der Waals surface area contributed by atoms with Crippen LogP contribution in [0.2, 0.25) is 0 Å². The van der Waals surface area contributed by atoms with Crippen LogP contribution in [0.4, 0.5) is 5.00 Å². The minimum Gasteiger partial charge on any atom is -0.550 e. The van der Waals surface area contributed by atoms with E-state index >= 15 is 0 Å². The van der Waals surface area contributed by atoms with Gasteiger partial charge < -0.3 is 20.0 Å². The maximum Gasteiger partial charge on any atom is 0.341 e. The van der Waals surface area contributed by atoms with Gasteiger partial charge in [0.05, 0.1) is 7.11 Å². The van der Waals surface area contributed by atoms with Crippen LogP contribution < -0.4 is 10.4 Å². The van der Waals surface area contributed by atoms with Gasteiger partial charge in [0.2, 0.25) is 5.91 Å². The third-order valence-electron chi connectivity index (χ3n) is 5.46. The molecule has 0 saturated heterocycles. The van der Waals surface area contributed by atoms with Crippen molar-refractivity contribution in [3.05, 3.63) is 40.3 Å². The molecule has 154 valence electrons. The summed E-state index contributed by atoms with van der Waals surface area (Å²) in [7, 11) is 1.30. The lowest BCUT2D eigenvalue weighted by atomic mass is 9.78. The van der Waals surface area contributed by atoms with E-state index in [1.54, 1.807) is 0 Å². The lowest BCUT2D eigenvalue weighted by molar-refractivity contribution is -0.313. The van der Waals surface area contributed by atoms with Crippen LogP contribution in [0.15, 0.2) is 24.3 Å². The number of esters is 1. The number of nitrogens with one attached hydrogen (secondary N) is 1. The molecular formula is C22H24NO5S-. The number of carboxylic acids is 1. The number of aliphatic carboxylic acids is 1. The number of aryl methyl sites for hydroxylation is 2. The van der Waals surface area contributed by atoms with Gasteiger partial charge >= 0.3 is 5.97 Å².